The molecule has 1 aromatic heterocycles. The Morgan fingerprint density at radius 1 is 1.16 bits per heavy atom. The molecule has 0 N–H and O–H groups in total. The van der Waals surface area contributed by atoms with E-state index in [4.69, 9.17) is 9.72 Å². The summed E-state index contributed by atoms with van der Waals surface area (Å²) in [5, 5.41) is 0. The third kappa shape index (κ3) is 2.73. The van der Waals surface area contributed by atoms with Crippen molar-refractivity contribution in [1.82, 2.24) is 9.97 Å². The third-order valence-electron chi connectivity index (χ3n) is 4.31. The minimum absolute atomic E-state index is 0.361. The van der Waals surface area contributed by atoms with Crippen molar-refractivity contribution in [3.05, 3.63) is 17.0 Å². The molecule has 2 aliphatic heterocycles. The number of aromatic nitrogens is 2. The summed E-state index contributed by atoms with van der Waals surface area (Å²) in [5.41, 5.74) is 3.53. The number of ether oxygens (including phenoxy) is 1. The van der Waals surface area contributed by atoms with E-state index in [0.717, 1.165) is 37.8 Å². The number of hydrogen-bond acceptors (Lipinski definition) is 4. The van der Waals surface area contributed by atoms with Crippen molar-refractivity contribution in [2.75, 3.05) is 24.6 Å². The Morgan fingerprint density at radius 3 is 2.63 bits per heavy atom. The van der Waals surface area contributed by atoms with E-state index >= 15 is 0 Å². The van der Waals surface area contributed by atoms with Crippen molar-refractivity contribution in [2.24, 2.45) is 0 Å². The molecule has 1 unspecified atom stereocenters. The van der Waals surface area contributed by atoms with Crippen LogP contribution in [0.15, 0.2) is 0 Å². The molecule has 2 fully saturated rings. The molecule has 0 aromatic carbocycles. The monoisotopic (exact) mass is 261 g/mol. The Hall–Kier alpha value is -1.16. The van der Waals surface area contributed by atoms with Gasteiger partial charge in [-0.25, -0.2) is 9.97 Å². The Labute approximate surface area is 115 Å². The summed E-state index contributed by atoms with van der Waals surface area (Å²) >= 11 is 0. The maximum absolute atomic E-state index is 5.74. The molecular weight excluding hydrogens is 238 g/mol. The van der Waals surface area contributed by atoms with Crippen molar-refractivity contribution >= 4 is 5.95 Å². The highest BCUT2D eigenvalue weighted by Gasteiger charge is 2.21. The normalized spacial score (nSPS) is 23.3. The second-order valence-corrected chi connectivity index (χ2v) is 5.71. The first kappa shape index (κ1) is 12.9. The van der Waals surface area contributed by atoms with E-state index < -0.39 is 0 Å². The van der Waals surface area contributed by atoms with Gasteiger partial charge in [-0.3, -0.25) is 0 Å². The molecule has 2 saturated heterocycles. The lowest BCUT2D eigenvalue weighted by atomic mass is 10.1. The van der Waals surface area contributed by atoms with Gasteiger partial charge < -0.3 is 9.64 Å². The molecule has 0 amide bonds. The summed E-state index contributed by atoms with van der Waals surface area (Å²) in [6, 6.07) is 0. The zero-order chi connectivity index (χ0) is 13.2. The van der Waals surface area contributed by atoms with Crippen LogP contribution in [-0.2, 0) is 11.2 Å². The van der Waals surface area contributed by atoms with Crippen molar-refractivity contribution < 1.29 is 4.74 Å². The summed E-state index contributed by atoms with van der Waals surface area (Å²) in [6.45, 7) is 7.33. The Morgan fingerprint density at radius 2 is 1.95 bits per heavy atom. The lowest BCUT2D eigenvalue weighted by Crippen LogP contribution is -2.23. The van der Waals surface area contributed by atoms with Crippen molar-refractivity contribution in [3.63, 3.8) is 0 Å². The fraction of sp³-hybridized carbons (Fsp3) is 0.733. The molecule has 0 spiro atoms. The number of hydrogen-bond donors (Lipinski definition) is 0. The smallest absolute Gasteiger partial charge is 0.225 e. The predicted octanol–water partition coefficient (Wildman–Crippen LogP) is 2.42. The second kappa shape index (κ2) is 5.45. The van der Waals surface area contributed by atoms with Gasteiger partial charge in [-0.05, 0) is 45.1 Å². The molecule has 4 nitrogen and oxygen atoms in total. The minimum Gasteiger partial charge on any atom is -0.378 e. The first-order valence-corrected chi connectivity index (χ1v) is 7.44. The Kier molecular flexibility index (Phi) is 3.69. The fourth-order valence-corrected chi connectivity index (χ4v) is 2.95. The molecule has 0 bridgehead atoms. The van der Waals surface area contributed by atoms with Crippen LogP contribution in [0.4, 0.5) is 5.95 Å². The summed E-state index contributed by atoms with van der Waals surface area (Å²) in [7, 11) is 0. The summed E-state index contributed by atoms with van der Waals surface area (Å²) in [5.74, 6) is 0.925. The lowest BCUT2D eigenvalue weighted by Gasteiger charge is -2.19. The van der Waals surface area contributed by atoms with Crippen LogP contribution in [0.1, 0.15) is 42.6 Å². The molecule has 1 aromatic rings. The number of aryl methyl sites for hydroxylation is 1. The molecule has 3 heterocycles. The molecule has 3 rings (SSSR count). The highest BCUT2D eigenvalue weighted by molar-refractivity contribution is 5.37. The van der Waals surface area contributed by atoms with Gasteiger partial charge in [0.15, 0.2) is 0 Å². The van der Waals surface area contributed by atoms with Crippen LogP contribution in [0.5, 0.6) is 0 Å². The second-order valence-electron chi connectivity index (χ2n) is 5.71. The quantitative estimate of drug-likeness (QED) is 0.837. The largest absolute Gasteiger partial charge is 0.378 e. The maximum Gasteiger partial charge on any atom is 0.225 e. The topological polar surface area (TPSA) is 38.2 Å². The molecule has 0 aliphatic carbocycles. The molecule has 19 heavy (non-hydrogen) atoms. The van der Waals surface area contributed by atoms with Crippen molar-refractivity contribution in [3.8, 4) is 0 Å². The van der Waals surface area contributed by atoms with Gasteiger partial charge in [0, 0.05) is 31.8 Å². The van der Waals surface area contributed by atoms with E-state index in [1.165, 1.54) is 36.9 Å². The summed E-state index contributed by atoms with van der Waals surface area (Å²) in [4.78, 5) is 11.8. The van der Waals surface area contributed by atoms with Gasteiger partial charge in [-0.1, -0.05) is 0 Å². The average Bonchev–Trinajstić information content (AvgIpc) is 3.07. The van der Waals surface area contributed by atoms with Gasteiger partial charge in [0.25, 0.3) is 0 Å². The number of anilines is 1. The lowest BCUT2D eigenvalue weighted by molar-refractivity contribution is 0.110. The van der Waals surface area contributed by atoms with Crippen LogP contribution in [0, 0.1) is 13.8 Å². The highest BCUT2D eigenvalue weighted by Crippen LogP contribution is 2.23. The number of nitrogens with zero attached hydrogens (tertiary/aromatic N) is 3. The van der Waals surface area contributed by atoms with E-state index in [9.17, 15) is 0 Å². The molecule has 0 saturated carbocycles. The minimum atomic E-state index is 0.361. The highest BCUT2D eigenvalue weighted by atomic mass is 16.5. The molecular formula is C15H23N3O. The van der Waals surface area contributed by atoms with Crippen LogP contribution in [-0.4, -0.2) is 35.8 Å². The molecule has 1 atom stereocenters. The van der Waals surface area contributed by atoms with Crippen LogP contribution in [0.25, 0.3) is 0 Å². The average molecular weight is 261 g/mol. The van der Waals surface area contributed by atoms with Gasteiger partial charge in [-0.2, -0.15) is 0 Å². The van der Waals surface area contributed by atoms with Crippen LogP contribution in [0.3, 0.4) is 0 Å². The van der Waals surface area contributed by atoms with E-state index in [2.05, 4.69) is 23.7 Å². The Balaban J connectivity index is 1.84. The summed E-state index contributed by atoms with van der Waals surface area (Å²) < 4.78 is 5.74. The number of rotatable bonds is 3. The van der Waals surface area contributed by atoms with E-state index in [1.807, 2.05) is 0 Å². The zero-order valence-corrected chi connectivity index (χ0v) is 12.0. The van der Waals surface area contributed by atoms with E-state index in [-0.39, 0.29) is 0 Å². The van der Waals surface area contributed by atoms with Crippen molar-refractivity contribution in [2.45, 2.75) is 52.1 Å². The fourth-order valence-electron chi connectivity index (χ4n) is 2.95. The third-order valence-corrected chi connectivity index (χ3v) is 4.31. The SMILES string of the molecule is Cc1nc(N2CCCC2)nc(CC2CCCO2)c1C. The first-order valence-electron chi connectivity index (χ1n) is 7.44. The van der Waals surface area contributed by atoms with Crippen LogP contribution < -0.4 is 4.90 Å². The van der Waals surface area contributed by atoms with Gasteiger partial charge >= 0.3 is 0 Å². The van der Waals surface area contributed by atoms with Crippen molar-refractivity contribution in [1.29, 1.82) is 0 Å². The molecule has 0 radical (unpaired) electrons. The van der Waals surface area contributed by atoms with Gasteiger partial charge in [-0.15, -0.1) is 0 Å². The predicted molar refractivity (Wildman–Crippen MR) is 75.6 cm³/mol. The van der Waals surface area contributed by atoms with E-state index in [1.54, 1.807) is 0 Å². The standard InChI is InChI=1S/C15H23N3O/c1-11-12(2)16-15(18-7-3-4-8-18)17-14(11)10-13-6-5-9-19-13/h13H,3-10H2,1-2H3. The van der Waals surface area contributed by atoms with E-state index in [0.29, 0.717) is 6.10 Å². The van der Waals surface area contributed by atoms with Crippen LogP contribution >= 0.6 is 0 Å². The molecule has 104 valence electrons. The molecule has 4 heteroatoms. The summed E-state index contributed by atoms with van der Waals surface area (Å²) in [6.07, 6.45) is 6.18. The van der Waals surface area contributed by atoms with Gasteiger partial charge in [0.1, 0.15) is 0 Å². The first-order chi connectivity index (χ1) is 9.24. The molecule has 2 aliphatic rings. The maximum atomic E-state index is 5.74. The Bertz CT molecular complexity index is 449. The van der Waals surface area contributed by atoms with Gasteiger partial charge in [0.2, 0.25) is 5.95 Å². The van der Waals surface area contributed by atoms with Gasteiger partial charge in [0.05, 0.1) is 11.8 Å². The zero-order valence-electron chi connectivity index (χ0n) is 12.0. The van der Waals surface area contributed by atoms with Crippen LogP contribution in [0.2, 0.25) is 0 Å².